The molecule has 1 N–H and O–H groups in total. The second-order valence-corrected chi connectivity index (χ2v) is 8.90. The molecule has 0 heterocycles. The third kappa shape index (κ3) is 7.19. The number of aryl methyl sites for hydroxylation is 1. The van der Waals surface area contributed by atoms with Gasteiger partial charge in [-0.25, -0.2) is 4.39 Å². The van der Waals surface area contributed by atoms with E-state index in [1.807, 2.05) is 55.5 Å². The van der Waals surface area contributed by atoms with Gasteiger partial charge in [0.1, 0.15) is 11.9 Å². The second-order valence-electron chi connectivity index (χ2n) is 7.91. The third-order valence-corrected chi connectivity index (χ3v) is 6.38. The van der Waals surface area contributed by atoms with Gasteiger partial charge >= 0.3 is 0 Å². The molecule has 0 bridgehead atoms. The predicted molar refractivity (Wildman–Crippen MR) is 132 cm³/mol. The van der Waals surface area contributed by atoms with E-state index in [1.165, 1.54) is 28.3 Å². The van der Waals surface area contributed by atoms with Crippen molar-refractivity contribution in [2.45, 2.75) is 31.7 Å². The Kier molecular flexibility index (Phi) is 9.07. The molecule has 0 aliphatic rings. The van der Waals surface area contributed by atoms with E-state index in [1.54, 1.807) is 25.2 Å². The average molecular weight is 465 g/mol. The average Bonchev–Trinajstić information content (AvgIpc) is 2.82. The highest BCUT2D eigenvalue weighted by molar-refractivity contribution is 7.99. The number of halogens is 1. The molecular formula is C27H29FN2O2S. The molecule has 1 atom stereocenters. The molecule has 0 radical (unpaired) electrons. The smallest absolute Gasteiger partial charge is 0.242 e. The van der Waals surface area contributed by atoms with Crippen LogP contribution in [0.5, 0.6) is 0 Å². The predicted octanol–water partition coefficient (Wildman–Crippen LogP) is 4.75. The zero-order chi connectivity index (χ0) is 23.6. The summed E-state index contributed by atoms with van der Waals surface area (Å²) in [6.07, 6.45) is 0.350. The van der Waals surface area contributed by atoms with Gasteiger partial charge < -0.3 is 10.2 Å². The van der Waals surface area contributed by atoms with Crippen LogP contribution in [0.4, 0.5) is 4.39 Å². The van der Waals surface area contributed by atoms with Crippen LogP contribution in [0, 0.1) is 12.7 Å². The minimum Gasteiger partial charge on any atom is -0.357 e. The van der Waals surface area contributed by atoms with Gasteiger partial charge in [-0.3, -0.25) is 9.59 Å². The number of hydrogen-bond acceptors (Lipinski definition) is 3. The lowest BCUT2D eigenvalue weighted by atomic mass is 10.0. The second kappa shape index (κ2) is 12.2. The van der Waals surface area contributed by atoms with E-state index in [4.69, 9.17) is 0 Å². The van der Waals surface area contributed by atoms with Crippen LogP contribution >= 0.6 is 11.8 Å². The lowest BCUT2D eigenvalue weighted by Crippen LogP contribution is -2.50. The van der Waals surface area contributed by atoms with Crippen LogP contribution < -0.4 is 5.32 Å². The van der Waals surface area contributed by atoms with Crippen LogP contribution in [-0.2, 0) is 28.3 Å². The maximum atomic E-state index is 14.5. The summed E-state index contributed by atoms with van der Waals surface area (Å²) in [5.74, 6) is 0.0281. The van der Waals surface area contributed by atoms with E-state index in [9.17, 15) is 14.0 Å². The fourth-order valence-corrected chi connectivity index (χ4v) is 4.53. The van der Waals surface area contributed by atoms with Crippen molar-refractivity contribution in [2.75, 3.05) is 12.8 Å². The van der Waals surface area contributed by atoms with Crippen LogP contribution in [-0.4, -0.2) is 35.6 Å². The SMILES string of the molecule is CNC(=O)[C@@H](Cc1ccccc1)N(Cc1ccccc1F)C(=O)CSCc1cccc(C)c1. The number of nitrogens with zero attached hydrogens (tertiary/aromatic N) is 1. The van der Waals surface area contributed by atoms with Gasteiger partial charge in [-0.05, 0) is 24.1 Å². The highest BCUT2D eigenvalue weighted by atomic mass is 32.2. The van der Waals surface area contributed by atoms with E-state index >= 15 is 0 Å². The molecule has 0 saturated heterocycles. The number of amides is 2. The van der Waals surface area contributed by atoms with E-state index in [2.05, 4.69) is 11.4 Å². The fraction of sp³-hybridized carbons (Fsp3) is 0.259. The Morgan fingerprint density at radius 1 is 0.970 bits per heavy atom. The van der Waals surface area contributed by atoms with Crippen molar-refractivity contribution in [3.05, 3.63) is 107 Å². The van der Waals surface area contributed by atoms with Gasteiger partial charge in [0.15, 0.2) is 0 Å². The van der Waals surface area contributed by atoms with Gasteiger partial charge in [0.05, 0.1) is 5.75 Å². The Labute approximate surface area is 199 Å². The van der Waals surface area contributed by atoms with Gasteiger partial charge in [0.25, 0.3) is 0 Å². The van der Waals surface area contributed by atoms with Crippen LogP contribution in [0.3, 0.4) is 0 Å². The minimum absolute atomic E-state index is 0.0292. The summed E-state index contributed by atoms with van der Waals surface area (Å²) in [5, 5.41) is 2.68. The largest absolute Gasteiger partial charge is 0.357 e. The molecule has 3 aromatic carbocycles. The molecule has 6 heteroatoms. The molecule has 2 amide bonds. The minimum atomic E-state index is -0.746. The highest BCUT2D eigenvalue weighted by Gasteiger charge is 2.30. The molecule has 0 spiro atoms. The first-order valence-corrected chi connectivity index (χ1v) is 12.0. The van der Waals surface area contributed by atoms with E-state index in [0.29, 0.717) is 17.7 Å². The standard InChI is InChI=1S/C27H29FN2O2S/c1-20-9-8-12-22(15-20)18-33-19-26(31)30(17-23-13-6-7-14-24(23)28)25(27(32)29-2)16-21-10-4-3-5-11-21/h3-15,25H,16-19H2,1-2H3,(H,29,32)/t25-/m1/s1. The lowest BCUT2D eigenvalue weighted by Gasteiger charge is -2.31. The van der Waals surface area contributed by atoms with Crippen molar-refractivity contribution in [3.63, 3.8) is 0 Å². The van der Waals surface area contributed by atoms with E-state index < -0.39 is 11.9 Å². The topological polar surface area (TPSA) is 49.4 Å². The van der Waals surface area contributed by atoms with Crippen molar-refractivity contribution in [1.82, 2.24) is 10.2 Å². The number of nitrogens with one attached hydrogen (secondary N) is 1. The summed E-state index contributed by atoms with van der Waals surface area (Å²) in [7, 11) is 1.55. The first kappa shape index (κ1) is 24.5. The zero-order valence-corrected chi connectivity index (χ0v) is 19.8. The van der Waals surface area contributed by atoms with Crippen molar-refractivity contribution in [1.29, 1.82) is 0 Å². The van der Waals surface area contributed by atoms with Crippen molar-refractivity contribution in [2.24, 2.45) is 0 Å². The molecule has 0 fully saturated rings. The summed E-state index contributed by atoms with van der Waals surface area (Å²) in [6, 6.07) is 23.3. The molecule has 3 rings (SSSR count). The molecule has 3 aromatic rings. The highest BCUT2D eigenvalue weighted by Crippen LogP contribution is 2.20. The summed E-state index contributed by atoms with van der Waals surface area (Å²) in [4.78, 5) is 27.7. The van der Waals surface area contributed by atoms with E-state index in [0.717, 1.165) is 11.1 Å². The molecule has 0 saturated carbocycles. The Morgan fingerprint density at radius 3 is 2.36 bits per heavy atom. The van der Waals surface area contributed by atoms with E-state index in [-0.39, 0.29) is 24.1 Å². The zero-order valence-electron chi connectivity index (χ0n) is 19.0. The maximum Gasteiger partial charge on any atom is 0.242 e. The fourth-order valence-electron chi connectivity index (χ4n) is 3.67. The molecular weight excluding hydrogens is 435 g/mol. The summed E-state index contributed by atoms with van der Waals surface area (Å²) in [6.45, 7) is 2.06. The number of benzene rings is 3. The van der Waals surface area contributed by atoms with Gasteiger partial charge in [-0.1, -0.05) is 78.4 Å². The Hall–Kier alpha value is -3.12. The van der Waals surface area contributed by atoms with Crippen molar-refractivity contribution < 1.29 is 14.0 Å². The molecule has 4 nitrogen and oxygen atoms in total. The molecule has 33 heavy (non-hydrogen) atoms. The Morgan fingerprint density at radius 2 is 1.67 bits per heavy atom. The van der Waals surface area contributed by atoms with Gasteiger partial charge in [-0.2, -0.15) is 0 Å². The maximum absolute atomic E-state index is 14.5. The summed E-state index contributed by atoms with van der Waals surface area (Å²) < 4.78 is 14.5. The monoisotopic (exact) mass is 464 g/mol. The molecule has 0 unspecified atom stereocenters. The molecule has 0 aromatic heterocycles. The van der Waals surface area contributed by atoms with Crippen LogP contribution in [0.1, 0.15) is 22.3 Å². The first-order valence-electron chi connectivity index (χ1n) is 10.9. The molecule has 0 aliphatic carbocycles. The normalized spacial score (nSPS) is 11.6. The molecule has 172 valence electrons. The van der Waals surface area contributed by atoms with Crippen LogP contribution in [0.2, 0.25) is 0 Å². The van der Waals surface area contributed by atoms with Gasteiger partial charge in [0.2, 0.25) is 11.8 Å². The van der Waals surface area contributed by atoms with Crippen LogP contribution in [0.25, 0.3) is 0 Å². The van der Waals surface area contributed by atoms with Crippen LogP contribution in [0.15, 0.2) is 78.9 Å². The number of likely N-dealkylation sites (N-methyl/N-ethyl adjacent to an activating group) is 1. The number of thioether (sulfide) groups is 1. The van der Waals surface area contributed by atoms with Gasteiger partial charge in [0, 0.05) is 31.3 Å². The van der Waals surface area contributed by atoms with Crippen molar-refractivity contribution in [3.8, 4) is 0 Å². The number of carbonyl (C=O) groups excluding carboxylic acids is 2. The third-order valence-electron chi connectivity index (χ3n) is 5.39. The quantitative estimate of drug-likeness (QED) is 0.471. The first-order chi connectivity index (χ1) is 16.0. The summed E-state index contributed by atoms with van der Waals surface area (Å²) >= 11 is 1.49. The number of carbonyl (C=O) groups is 2. The Balaban J connectivity index is 1.82. The molecule has 0 aliphatic heterocycles. The van der Waals surface area contributed by atoms with Crippen molar-refractivity contribution >= 4 is 23.6 Å². The Bertz CT molecular complexity index is 1070. The number of rotatable bonds is 10. The van der Waals surface area contributed by atoms with Gasteiger partial charge in [-0.15, -0.1) is 11.8 Å². The summed E-state index contributed by atoms with van der Waals surface area (Å²) in [5.41, 5.74) is 3.63. The number of hydrogen-bond donors (Lipinski definition) is 1. The lowest BCUT2D eigenvalue weighted by molar-refractivity contribution is -0.139.